The van der Waals surface area contributed by atoms with Crippen LogP contribution in [0.3, 0.4) is 0 Å². The van der Waals surface area contributed by atoms with Crippen LogP contribution < -0.4 is 10.1 Å². The van der Waals surface area contributed by atoms with Gasteiger partial charge in [-0.25, -0.2) is 0 Å². The van der Waals surface area contributed by atoms with Gasteiger partial charge in [-0.3, -0.25) is 4.68 Å². The molecule has 0 fully saturated rings. The van der Waals surface area contributed by atoms with E-state index in [1.54, 1.807) is 10.9 Å². The third-order valence-corrected chi connectivity index (χ3v) is 2.44. The number of nitrogens with one attached hydrogen (secondary N) is 1. The van der Waals surface area contributed by atoms with Crippen LogP contribution in [0.2, 0.25) is 0 Å². The number of hydrogen-bond acceptors (Lipinski definition) is 6. The van der Waals surface area contributed by atoms with Crippen molar-refractivity contribution in [1.29, 1.82) is 0 Å². The van der Waals surface area contributed by atoms with Gasteiger partial charge in [0.25, 0.3) is 0 Å². The second-order valence-corrected chi connectivity index (χ2v) is 3.98. The van der Waals surface area contributed by atoms with Crippen molar-refractivity contribution < 1.29 is 4.74 Å². The third kappa shape index (κ3) is 3.18. The van der Waals surface area contributed by atoms with Crippen LogP contribution in [-0.4, -0.2) is 37.9 Å². The largest absolute Gasteiger partial charge is 0.463 e. The first kappa shape index (κ1) is 13.3. The molecule has 0 saturated heterocycles. The van der Waals surface area contributed by atoms with Crippen molar-refractivity contribution in [3.8, 4) is 17.5 Å². The Hall–Kier alpha value is -2.18. The van der Waals surface area contributed by atoms with E-state index in [2.05, 4.69) is 25.4 Å². The Kier molecular flexibility index (Phi) is 4.27. The highest BCUT2D eigenvalue weighted by Crippen LogP contribution is 2.17. The number of nitrogens with zero attached hydrogens (tertiary/aromatic N) is 5. The molecule has 0 atom stereocenters. The van der Waals surface area contributed by atoms with Gasteiger partial charge in [0, 0.05) is 19.8 Å². The predicted octanol–water partition coefficient (Wildman–Crippen LogP) is 1.49. The number of rotatable bonds is 6. The van der Waals surface area contributed by atoms with Crippen molar-refractivity contribution in [2.75, 3.05) is 18.5 Å². The van der Waals surface area contributed by atoms with Gasteiger partial charge in [0.15, 0.2) is 5.82 Å². The molecule has 0 amide bonds. The van der Waals surface area contributed by atoms with Crippen LogP contribution in [0.4, 0.5) is 5.95 Å². The molecule has 0 spiro atoms. The minimum absolute atomic E-state index is 0.337. The first-order chi connectivity index (χ1) is 9.24. The van der Waals surface area contributed by atoms with E-state index in [9.17, 15) is 0 Å². The van der Waals surface area contributed by atoms with Gasteiger partial charge in [0.2, 0.25) is 5.95 Å². The van der Waals surface area contributed by atoms with Crippen molar-refractivity contribution in [2.45, 2.75) is 20.3 Å². The number of hydrogen-bond donors (Lipinski definition) is 1. The molecule has 7 heteroatoms. The molecule has 1 N–H and O–H groups in total. The first-order valence-electron chi connectivity index (χ1n) is 6.35. The fraction of sp³-hybridized carbons (Fsp3) is 0.500. The van der Waals surface area contributed by atoms with Crippen molar-refractivity contribution >= 4 is 5.95 Å². The van der Waals surface area contributed by atoms with Gasteiger partial charge in [-0.2, -0.15) is 20.1 Å². The van der Waals surface area contributed by atoms with Crippen LogP contribution in [0.1, 0.15) is 20.3 Å². The molecule has 102 valence electrons. The zero-order valence-electron chi connectivity index (χ0n) is 11.4. The van der Waals surface area contributed by atoms with Crippen LogP contribution in [0, 0.1) is 0 Å². The van der Waals surface area contributed by atoms with E-state index in [1.807, 2.05) is 27.0 Å². The summed E-state index contributed by atoms with van der Waals surface area (Å²) >= 11 is 0. The second-order valence-electron chi connectivity index (χ2n) is 3.98. The zero-order chi connectivity index (χ0) is 13.7. The molecule has 0 unspecified atom stereocenters. The summed E-state index contributed by atoms with van der Waals surface area (Å²) in [6, 6.07) is 2.19. The highest BCUT2D eigenvalue weighted by atomic mass is 16.5. The van der Waals surface area contributed by atoms with Gasteiger partial charge in [0.05, 0.1) is 6.61 Å². The maximum absolute atomic E-state index is 5.49. The Bertz CT molecular complexity index is 539. The molecule has 0 radical (unpaired) electrons. The summed E-state index contributed by atoms with van der Waals surface area (Å²) in [6.07, 6.45) is 2.61. The summed E-state index contributed by atoms with van der Waals surface area (Å²) in [6.45, 7) is 5.34. The van der Waals surface area contributed by atoms with Gasteiger partial charge in [0.1, 0.15) is 5.69 Å². The van der Waals surface area contributed by atoms with E-state index >= 15 is 0 Å². The summed E-state index contributed by atoms with van der Waals surface area (Å²) in [5.41, 5.74) is 0.822. The topological polar surface area (TPSA) is 77.8 Å². The van der Waals surface area contributed by atoms with E-state index in [-0.39, 0.29) is 0 Å². The van der Waals surface area contributed by atoms with E-state index in [0.29, 0.717) is 24.4 Å². The van der Waals surface area contributed by atoms with Crippen LogP contribution in [-0.2, 0) is 7.05 Å². The predicted molar refractivity (Wildman–Crippen MR) is 72.0 cm³/mol. The second kappa shape index (κ2) is 6.12. The molecular formula is C12H18N6O. The first-order valence-corrected chi connectivity index (χ1v) is 6.35. The lowest BCUT2D eigenvalue weighted by Gasteiger charge is -2.08. The van der Waals surface area contributed by atoms with Gasteiger partial charge in [-0.15, -0.1) is 0 Å². The zero-order valence-corrected chi connectivity index (χ0v) is 11.4. The molecule has 7 nitrogen and oxygen atoms in total. The third-order valence-electron chi connectivity index (χ3n) is 2.44. The summed E-state index contributed by atoms with van der Waals surface area (Å²) in [5, 5.41) is 7.19. The molecule has 2 rings (SSSR count). The lowest BCUT2D eigenvalue weighted by atomic mass is 10.4. The Morgan fingerprint density at radius 1 is 1.26 bits per heavy atom. The number of aromatic nitrogens is 5. The van der Waals surface area contributed by atoms with Crippen LogP contribution in [0.25, 0.3) is 11.5 Å². The molecule has 2 heterocycles. The summed E-state index contributed by atoms with van der Waals surface area (Å²) < 4.78 is 7.21. The molecule has 2 aromatic rings. The standard InChI is InChI=1S/C12H18N6O/c1-4-8-19-12-16-10(9-6-7-14-18(9)3)15-11(17-12)13-5-2/h6-7H,4-5,8H2,1-3H3,(H,13,15,16,17). The molecule has 0 aliphatic rings. The molecule has 2 aromatic heterocycles. The fourth-order valence-electron chi connectivity index (χ4n) is 1.56. The van der Waals surface area contributed by atoms with Crippen molar-refractivity contribution in [3.63, 3.8) is 0 Å². The molecule has 19 heavy (non-hydrogen) atoms. The SMILES string of the molecule is CCCOc1nc(NCC)nc(-c2ccnn2C)n1. The van der Waals surface area contributed by atoms with Crippen LogP contribution >= 0.6 is 0 Å². The van der Waals surface area contributed by atoms with Gasteiger partial charge in [-0.05, 0) is 19.4 Å². The monoisotopic (exact) mass is 262 g/mol. The van der Waals surface area contributed by atoms with Crippen LogP contribution in [0.5, 0.6) is 6.01 Å². The summed E-state index contributed by atoms with van der Waals surface area (Å²) in [5.74, 6) is 1.07. The maximum atomic E-state index is 5.49. The highest BCUT2D eigenvalue weighted by Gasteiger charge is 2.11. The normalized spacial score (nSPS) is 10.5. The van der Waals surface area contributed by atoms with Crippen molar-refractivity contribution in [3.05, 3.63) is 12.3 Å². The van der Waals surface area contributed by atoms with E-state index in [1.165, 1.54) is 0 Å². The molecule has 0 aromatic carbocycles. The van der Waals surface area contributed by atoms with Gasteiger partial charge < -0.3 is 10.1 Å². The molecule has 0 aliphatic heterocycles. The Labute approximate surface area is 112 Å². The summed E-state index contributed by atoms with van der Waals surface area (Å²) in [4.78, 5) is 12.9. The minimum atomic E-state index is 0.337. The quantitative estimate of drug-likeness (QED) is 0.850. The Morgan fingerprint density at radius 2 is 2.11 bits per heavy atom. The lowest BCUT2D eigenvalue weighted by molar-refractivity contribution is 0.292. The minimum Gasteiger partial charge on any atom is -0.463 e. The maximum Gasteiger partial charge on any atom is 0.321 e. The Morgan fingerprint density at radius 3 is 2.74 bits per heavy atom. The lowest BCUT2D eigenvalue weighted by Crippen LogP contribution is -2.09. The average Bonchev–Trinajstić information content (AvgIpc) is 2.83. The smallest absolute Gasteiger partial charge is 0.321 e. The molecule has 0 bridgehead atoms. The van der Waals surface area contributed by atoms with Gasteiger partial charge in [-0.1, -0.05) is 6.92 Å². The fourth-order valence-corrected chi connectivity index (χ4v) is 1.56. The van der Waals surface area contributed by atoms with Crippen molar-refractivity contribution in [1.82, 2.24) is 24.7 Å². The number of ether oxygens (including phenoxy) is 1. The molecule has 0 aliphatic carbocycles. The molecule has 0 saturated carbocycles. The Balaban J connectivity index is 2.36. The summed E-state index contributed by atoms with van der Waals surface area (Å²) in [7, 11) is 1.85. The van der Waals surface area contributed by atoms with E-state index < -0.39 is 0 Å². The van der Waals surface area contributed by atoms with Gasteiger partial charge >= 0.3 is 6.01 Å². The highest BCUT2D eigenvalue weighted by molar-refractivity contribution is 5.51. The number of anilines is 1. The molecular weight excluding hydrogens is 244 g/mol. The average molecular weight is 262 g/mol. The van der Waals surface area contributed by atoms with E-state index in [4.69, 9.17) is 4.74 Å². The van der Waals surface area contributed by atoms with Crippen LogP contribution in [0.15, 0.2) is 12.3 Å². The van der Waals surface area contributed by atoms with E-state index in [0.717, 1.165) is 18.7 Å². The van der Waals surface area contributed by atoms with Crippen molar-refractivity contribution in [2.24, 2.45) is 7.05 Å². The number of aryl methyl sites for hydroxylation is 1.